The van der Waals surface area contributed by atoms with Crippen LogP contribution >= 0.6 is 0 Å². The first-order chi connectivity index (χ1) is 7.27. The lowest BCUT2D eigenvalue weighted by Crippen LogP contribution is -2.18. The predicted molar refractivity (Wildman–Crippen MR) is 51.8 cm³/mol. The molecular weight excluding hydrogens is 196 g/mol. The molecule has 15 heavy (non-hydrogen) atoms. The number of aromatic carboxylic acids is 1. The lowest BCUT2D eigenvalue weighted by atomic mass is 10.0. The third kappa shape index (κ3) is 2.30. The highest BCUT2D eigenvalue weighted by molar-refractivity contribution is 5.86. The summed E-state index contributed by atoms with van der Waals surface area (Å²) >= 11 is 0. The Balaban J connectivity index is 2.11. The summed E-state index contributed by atoms with van der Waals surface area (Å²) in [4.78, 5) is 18.7. The van der Waals surface area contributed by atoms with Crippen LogP contribution in [0, 0.1) is 0 Å². The average molecular weight is 208 g/mol. The summed E-state index contributed by atoms with van der Waals surface area (Å²) in [5.41, 5.74) is 0.121. The lowest BCUT2D eigenvalue weighted by molar-refractivity contribution is 0.0695. The molecule has 5 nitrogen and oxygen atoms in total. The molecule has 1 N–H and O–H groups in total. The van der Waals surface area contributed by atoms with E-state index >= 15 is 0 Å². The quantitative estimate of drug-likeness (QED) is 0.787. The molecule has 0 aliphatic carbocycles. The fourth-order valence-electron chi connectivity index (χ4n) is 1.60. The van der Waals surface area contributed by atoms with Crippen LogP contribution in [-0.2, 0) is 4.74 Å². The van der Waals surface area contributed by atoms with E-state index < -0.39 is 5.97 Å². The molecule has 0 amide bonds. The van der Waals surface area contributed by atoms with Crippen molar-refractivity contribution in [3.8, 4) is 0 Å². The van der Waals surface area contributed by atoms with Crippen LogP contribution in [0.2, 0.25) is 0 Å². The third-order valence-electron chi connectivity index (χ3n) is 2.44. The van der Waals surface area contributed by atoms with Crippen LogP contribution in [0.4, 0.5) is 0 Å². The molecule has 0 aromatic carbocycles. The lowest BCUT2D eigenvalue weighted by Gasteiger charge is -2.20. The fourth-order valence-corrected chi connectivity index (χ4v) is 1.60. The normalized spacial score (nSPS) is 21.2. The van der Waals surface area contributed by atoms with Gasteiger partial charge in [0.25, 0.3) is 0 Å². The van der Waals surface area contributed by atoms with Crippen molar-refractivity contribution in [1.29, 1.82) is 0 Å². The summed E-state index contributed by atoms with van der Waals surface area (Å²) in [6, 6.07) is 0. The largest absolute Gasteiger partial charge is 0.478 e. The van der Waals surface area contributed by atoms with Crippen LogP contribution in [0.25, 0.3) is 0 Å². The van der Waals surface area contributed by atoms with E-state index in [0.717, 1.165) is 19.4 Å². The molecular formula is C10H12N2O3. The van der Waals surface area contributed by atoms with Crippen molar-refractivity contribution in [3.63, 3.8) is 0 Å². The molecule has 0 saturated carbocycles. The van der Waals surface area contributed by atoms with Gasteiger partial charge in [-0.15, -0.1) is 0 Å². The van der Waals surface area contributed by atoms with Gasteiger partial charge < -0.3 is 9.84 Å². The highest BCUT2D eigenvalue weighted by Gasteiger charge is 2.18. The van der Waals surface area contributed by atoms with Crippen LogP contribution in [0.3, 0.4) is 0 Å². The molecule has 1 fully saturated rings. The van der Waals surface area contributed by atoms with Gasteiger partial charge in [0.05, 0.1) is 12.2 Å². The van der Waals surface area contributed by atoms with Crippen LogP contribution < -0.4 is 0 Å². The van der Waals surface area contributed by atoms with Gasteiger partial charge in [-0.3, -0.25) is 0 Å². The van der Waals surface area contributed by atoms with E-state index in [4.69, 9.17) is 9.84 Å². The molecule has 1 aromatic rings. The van der Waals surface area contributed by atoms with Crippen molar-refractivity contribution >= 4 is 5.97 Å². The van der Waals surface area contributed by atoms with Crippen LogP contribution in [0.5, 0.6) is 0 Å². The zero-order valence-electron chi connectivity index (χ0n) is 8.22. The number of carboxylic acids is 1. The molecule has 0 bridgehead atoms. The first-order valence-corrected chi connectivity index (χ1v) is 4.90. The summed E-state index contributed by atoms with van der Waals surface area (Å²) in [6.45, 7) is 1.43. The molecule has 5 heteroatoms. The van der Waals surface area contributed by atoms with Gasteiger partial charge in [0.2, 0.25) is 0 Å². The zero-order chi connectivity index (χ0) is 10.7. The topological polar surface area (TPSA) is 72.3 Å². The van der Waals surface area contributed by atoms with Crippen molar-refractivity contribution in [3.05, 3.63) is 23.8 Å². The van der Waals surface area contributed by atoms with Gasteiger partial charge >= 0.3 is 5.97 Å². The predicted octanol–water partition coefficient (Wildman–Crippen LogP) is 1.07. The number of hydrogen-bond acceptors (Lipinski definition) is 4. The van der Waals surface area contributed by atoms with E-state index in [0.29, 0.717) is 12.4 Å². The molecule has 2 heterocycles. The number of ether oxygens (including phenoxy) is 1. The Morgan fingerprint density at radius 3 is 2.73 bits per heavy atom. The van der Waals surface area contributed by atoms with Gasteiger partial charge in [0.1, 0.15) is 5.82 Å². The number of hydrogen-bond donors (Lipinski definition) is 1. The maximum atomic E-state index is 10.6. The molecule has 1 unspecified atom stereocenters. The Labute approximate surface area is 87.1 Å². The van der Waals surface area contributed by atoms with Crippen LogP contribution in [-0.4, -0.2) is 34.3 Å². The third-order valence-corrected chi connectivity index (χ3v) is 2.44. The van der Waals surface area contributed by atoms with Gasteiger partial charge in [0.15, 0.2) is 0 Å². The number of aromatic nitrogens is 2. The number of carbonyl (C=O) groups is 1. The molecule has 1 aliphatic rings. The Morgan fingerprint density at radius 2 is 2.20 bits per heavy atom. The van der Waals surface area contributed by atoms with Gasteiger partial charge in [-0.05, 0) is 12.8 Å². The maximum Gasteiger partial charge on any atom is 0.338 e. The van der Waals surface area contributed by atoms with E-state index in [1.165, 1.54) is 12.4 Å². The van der Waals surface area contributed by atoms with E-state index in [1.807, 2.05) is 0 Å². The van der Waals surface area contributed by atoms with Crippen LogP contribution in [0.15, 0.2) is 12.4 Å². The van der Waals surface area contributed by atoms with Gasteiger partial charge in [-0.1, -0.05) is 0 Å². The monoisotopic (exact) mass is 208 g/mol. The number of rotatable bonds is 2. The van der Waals surface area contributed by atoms with E-state index in [2.05, 4.69) is 9.97 Å². The van der Waals surface area contributed by atoms with E-state index in [9.17, 15) is 4.79 Å². The first kappa shape index (κ1) is 10.0. The van der Waals surface area contributed by atoms with Crippen molar-refractivity contribution in [1.82, 2.24) is 9.97 Å². The molecule has 1 aliphatic heterocycles. The second kappa shape index (κ2) is 4.35. The minimum Gasteiger partial charge on any atom is -0.478 e. The number of carboxylic acid groups (broad SMARTS) is 1. The molecule has 1 aromatic heterocycles. The Kier molecular flexibility index (Phi) is 2.91. The Morgan fingerprint density at radius 1 is 1.47 bits per heavy atom. The number of nitrogens with zero attached hydrogens (tertiary/aromatic N) is 2. The molecule has 0 radical (unpaired) electrons. The van der Waals surface area contributed by atoms with E-state index in [-0.39, 0.29) is 11.5 Å². The second-order valence-electron chi connectivity index (χ2n) is 3.55. The standard InChI is InChI=1S/C10H12N2O3/c13-10(14)8-4-11-9(12-5-8)7-2-1-3-15-6-7/h4-5,7H,1-3,6H2,(H,13,14). The van der Waals surface area contributed by atoms with E-state index in [1.54, 1.807) is 0 Å². The fraction of sp³-hybridized carbons (Fsp3) is 0.500. The Bertz CT molecular complexity index is 344. The minimum atomic E-state index is -0.999. The van der Waals surface area contributed by atoms with Crippen molar-refractivity contribution in [2.75, 3.05) is 13.2 Å². The Hall–Kier alpha value is -1.49. The zero-order valence-corrected chi connectivity index (χ0v) is 8.22. The summed E-state index contributed by atoms with van der Waals surface area (Å²) < 4.78 is 5.32. The first-order valence-electron chi connectivity index (χ1n) is 4.90. The molecule has 80 valence electrons. The second-order valence-corrected chi connectivity index (χ2v) is 3.55. The molecule has 0 spiro atoms. The van der Waals surface area contributed by atoms with Crippen molar-refractivity contribution in [2.45, 2.75) is 18.8 Å². The van der Waals surface area contributed by atoms with Crippen molar-refractivity contribution < 1.29 is 14.6 Å². The molecule has 1 saturated heterocycles. The molecule has 1 atom stereocenters. The summed E-state index contributed by atoms with van der Waals surface area (Å²) in [5, 5.41) is 8.68. The van der Waals surface area contributed by atoms with Gasteiger partial charge in [-0.25, -0.2) is 14.8 Å². The van der Waals surface area contributed by atoms with Gasteiger partial charge in [0, 0.05) is 24.9 Å². The average Bonchev–Trinajstić information content (AvgIpc) is 2.30. The minimum absolute atomic E-state index is 0.121. The highest BCUT2D eigenvalue weighted by Crippen LogP contribution is 2.21. The summed E-state index contributed by atoms with van der Waals surface area (Å²) in [6.07, 6.45) is 4.71. The highest BCUT2D eigenvalue weighted by atomic mass is 16.5. The molecule has 2 rings (SSSR count). The SMILES string of the molecule is O=C(O)c1cnc(C2CCCOC2)nc1. The van der Waals surface area contributed by atoms with Crippen LogP contribution in [0.1, 0.15) is 34.9 Å². The summed E-state index contributed by atoms with van der Waals surface area (Å²) in [5.74, 6) is -0.109. The van der Waals surface area contributed by atoms with Crippen molar-refractivity contribution in [2.24, 2.45) is 0 Å². The smallest absolute Gasteiger partial charge is 0.338 e. The summed E-state index contributed by atoms with van der Waals surface area (Å²) in [7, 11) is 0. The van der Waals surface area contributed by atoms with Gasteiger partial charge in [-0.2, -0.15) is 0 Å². The maximum absolute atomic E-state index is 10.6.